The highest BCUT2D eigenvalue weighted by atomic mass is 32.2. The summed E-state index contributed by atoms with van der Waals surface area (Å²) in [6.45, 7) is 0. The number of amides is 1. The van der Waals surface area contributed by atoms with Gasteiger partial charge in [0.05, 0.1) is 7.11 Å². The average molecular weight is 268 g/mol. The molecular weight excluding hydrogens is 248 g/mol. The van der Waals surface area contributed by atoms with Crippen LogP contribution in [-0.4, -0.2) is 37.8 Å². The first-order valence-corrected chi connectivity index (χ1v) is 6.79. The first-order chi connectivity index (χ1) is 8.54. The van der Waals surface area contributed by atoms with E-state index in [0.29, 0.717) is 6.42 Å². The van der Waals surface area contributed by atoms with Crippen molar-refractivity contribution in [3.63, 3.8) is 0 Å². The lowest BCUT2D eigenvalue weighted by Gasteiger charge is -2.10. The van der Waals surface area contributed by atoms with E-state index in [1.165, 1.54) is 0 Å². The van der Waals surface area contributed by atoms with Gasteiger partial charge in [0.25, 0.3) is 0 Å². The normalized spacial score (nSPS) is 10.2. The molecular formula is C13H20N2O2S. The molecule has 0 fully saturated rings. The molecule has 1 aromatic carbocycles. The molecule has 5 heteroatoms. The van der Waals surface area contributed by atoms with Gasteiger partial charge in [0.2, 0.25) is 5.91 Å². The summed E-state index contributed by atoms with van der Waals surface area (Å²) in [6.07, 6.45) is 1.42. The zero-order valence-electron chi connectivity index (χ0n) is 11.1. The molecule has 1 rings (SSSR count). The van der Waals surface area contributed by atoms with Crippen molar-refractivity contribution in [3.05, 3.63) is 18.2 Å². The number of thioether (sulfide) groups is 1. The Bertz CT molecular complexity index is 408. The zero-order chi connectivity index (χ0) is 13.5. The monoisotopic (exact) mass is 268 g/mol. The van der Waals surface area contributed by atoms with Crippen molar-refractivity contribution >= 4 is 23.4 Å². The van der Waals surface area contributed by atoms with Crippen molar-refractivity contribution in [2.45, 2.75) is 17.7 Å². The third-order valence-electron chi connectivity index (χ3n) is 2.51. The zero-order valence-corrected chi connectivity index (χ0v) is 11.9. The largest absolute Gasteiger partial charge is 0.497 e. The van der Waals surface area contributed by atoms with Gasteiger partial charge in [-0.15, -0.1) is 11.8 Å². The van der Waals surface area contributed by atoms with Crippen molar-refractivity contribution in [3.8, 4) is 5.75 Å². The first kappa shape index (κ1) is 14.7. The van der Waals surface area contributed by atoms with E-state index >= 15 is 0 Å². The van der Waals surface area contributed by atoms with Crippen LogP contribution in [0.1, 0.15) is 12.8 Å². The lowest BCUT2D eigenvalue weighted by Crippen LogP contribution is -2.21. The van der Waals surface area contributed by atoms with Gasteiger partial charge in [-0.2, -0.15) is 0 Å². The van der Waals surface area contributed by atoms with Gasteiger partial charge in [-0.05, 0) is 30.4 Å². The van der Waals surface area contributed by atoms with Crippen LogP contribution in [0.25, 0.3) is 0 Å². The summed E-state index contributed by atoms with van der Waals surface area (Å²) >= 11 is 1.65. The molecule has 0 spiro atoms. The van der Waals surface area contributed by atoms with Gasteiger partial charge in [0.15, 0.2) is 0 Å². The van der Waals surface area contributed by atoms with E-state index in [9.17, 15) is 4.79 Å². The summed E-state index contributed by atoms with van der Waals surface area (Å²) in [5.74, 6) is 1.84. The highest BCUT2D eigenvalue weighted by Gasteiger charge is 2.05. The van der Waals surface area contributed by atoms with Crippen LogP contribution in [0.4, 0.5) is 5.69 Å². The Morgan fingerprint density at radius 3 is 2.78 bits per heavy atom. The lowest BCUT2D eigenvalue weighted by atomic mass is 10.3. The fraction of sp³-hybridized carbons (Fsp3) is 0.462. The minimum Gasteiger partial charge on any atom is -0.497 e. The van der Waals surface area contributed by atoms with Gasteiger partial charge < -0.3 is 15.4 Å². The molecule has 0 radical (unpaired) electrons. The third-order valence-corrected chi connectivity index (χ3v) is 3.67. The minimum absolute atomic E-state index is 0.161. The van der Waals surface area contributed by atoms with E-state index in [-0.39, 0.29) is 5.91 Å². The van der Waals surface area contributed by atoms with E-state index in [4.69, 9.17) is 10.5 Å². The summed E-state index contributed by atoms with van der Waals surface area (Å²) < 4.78 is 5.16. The molecule has 0 aliphatic heterocycles. The summed E-state index contributed by atoms with van der Waals surface area (Å²) in [6, 6.07) is 5.61. The molecule has 4 nitrogen and oxygen atoms in total. The number of anilines is 1. The Labute approximate surface area is 112 Å². The number of carbonyl (C=O) groups is 1. The van der Waals surface area contributed by atoms with Crippen LogP contribution < -0.4 is 10.5 Å². The second kappa shape index (κ2) is 7.16. The van der Waals surface area contributed by atoms with Crippen LogP contribution >= 0.6 is 11.8 Å². The molecule has 0 aliphatic rings. The maximum atomic E-state index is 11.4. The van der Waals surface area contributed by atoms with Gasteiger partial charge in [0, 0.05) is 31.1 Å². The van der Waals surface area contributed by atoms with E-state index in [1.54, 1.807) is 37.9 Å². The second-order valence-corrected chi connectivity index (χ2v) is 5.28. The molecule has 0 heterocycles. The number of nitrogens with zero attached hydrogens (tertiary/aromatic N) is 1. The van der Waals surface area contributed by atoms with Crippen molar-refractivity contribution in [2.75, 3.05) is 32.7 Å². The van der Waals surface area contributed by atoms with Gasteiger partial charge in [-0.25, -0.2) is 0 Å². The van der Waals surface area contributed by atoms with Crippen LogP contribution in [0.15, 0.2) is 23.1 Å². The minimum atomic E-state index is 0.161. The predicted octanol–water partition coefficient (Wildman–Crippen LogP) is 2.24. The summed E-state index contributed by atoms with van der Waals surface area (Å²) in [4.78, 5) is 14.0. The van der Waals surface area contributed by atoms with Crippen LogP contribution in [0.2, 0.25) is 0 Å². The molecule has 18 heavy (non-hydrogen) atoms. The van der Waals surface area contributed by atoms with Crippen molar-refractivity contribution < 1.29 is 9.53 Å². The fourth-order valence-corrected chi connectivity index (χ4v) is 2.34. The molecule has 0 saturated heterocycles. The molecule has 1 aromatic rings. The molecule has 2 N–H and O–H groups in total. The Morgan fingerprint density at radius 2 is 2.17 bits per heavy atom. The van der Waals surface area contributed by atoms with Crippen molar-refractivity contribution in [2.24, 2.45) is 0 Å². The Hall–Kier alpha value is -1.36. The maximum absolute atomic E-state index is 11.4. The van der Waals surface area contributed by atoms with Crippen LogP contribution in [-0.2, 0) is 4.79 Å². The number of hydrogen-bond donors (Lipinski definition) is 1. The number of benzene rings is 1. The standard InChI is InChI=1S/C13H20N2O2S/c1-15(2)13(16)5-4-8-18-12-9-10(17-3)6-7-11(12)14/h6-7,9H,4-5,8,14H2,1-3H3. The number of carbonyl (C=O) groups excluding carboxylic acids is 1. The third kappa shape index (κ3) is 4.49. The quantitative estimate of drug-likeness (QED) is 0.488. The smallest absolute Gasteiger partial charge is 0.222 e. The fourth-order valence-electron chi connectivity index (χ4n) is 1.40. The molecule has 0 saturated carbocycles. The summed E-state index contributed by atoms with van der Waals surface area (Å²) in [5.41, 5.74) is 6.63. The van der Waals surface area contributed by atoms with Crippen molar-refractivity contribution in [1.29, 1.82) is 0 Å². The molecule has 0 atom stereocenters. The van der Waals surface area contributed by atoms with E-state index in [2.05, 4.69) is 0 Å². The predicted molar refractivity (Wildman–Crippen MR) is 76.1 cm³/mol. The van der Waals surface area contributed by atoms with E-state index in [0.717, 1.165) is 28.5 Å². The van der Waals surface area contributed by atoms with Crippen molar-refractivity contribution in [1.82, 2.24) is 4.90 Å². The number of ether oxygens (including phenoxy) is 1. The second-order valence-electron chi connectivity index (χ2n) is 4.14. The summed E-state index contributed by atoms with van der Waals surface area (Å²) in [7, 11) is 5.18. The first-order valence-electron chi connectivity index (χ1n) is 5.81. The molecule has 0 unspecified atom stereocenters. The lowest BCUT2D eigenvalue weighted by molar-refractivity contribution is -0.128. The topological polar surface area (TPSA) is 55.6 Å². The highest BCUT2D eigenvalue weighted by Crippen LogP contribution is 2.29. The molecule has 0 aromatic heterocycles. The number of hydrogen-bond acceptors (Lipinski definition) is 4. The summed E-state index contributed by atoms with van der Waals surface area (Å²) in [5, 5.41) is 0. The van der Waals surface area contributed by atoms with E-state index in [1.807, 2.05) is 18.2 Å². The number of methoxy groups -OCH3 is 1. The average Bonchev–Trinajstić information content (AvgIpc) is 2.36. The molecule has 100 valence electrons. The van der Waals surface area contributed by atoms with Crippen LogP contribution in [0.3, 0.4) is 0 Å². The Morgan fingerprint density at radius 1 is 1.44 bits per heavy atom. The van der Waals surface area contributed by atoms with E-state index < -0.39 is 0 Å². The van der Waals surface area contributed by atoms with Gasteiger partial charge in [0.1, 0.15) is 5.75 Å². The SMILES string of the molecule is COc1ccc(N)c(SCCCC(=O)N(C)C)c1. The molecule has 0 aliphatic carbocycles. The van der Waals surface area contributed by atoms with Gasteiger partial charge in [-0.1, -0.05) is 0 Å². The Kier molecular flexibility index (Phi) is 5.85. The van der Waals surface area contributed by atoms with Gasteiger partial charge >= 0.3 is 0 Å². The highest BCUT2D eigenvalue weighted by molar-refractivity contribution is 7.99. The maximum Gasteiger partial charge on any atom is 0.222 e. The number of nitrogens with two attached hydrogens (primary N) is 1. The molecule has 1 amide bonds. The number of rotatable bonds is 6. The van der Waals surface area contributed by atoms with Gasteiger partial charge in [-0.3, -0.25) is 4.79 Å². The number of nitrogen functional groups attached to an aromatic ring is 1. The molecule has 0 bridgehead atoms. The van der Waals surface area contributed by atoms with Crippen LogP contribution in [0, 0.1) is 0 Å². The Balaban J connectivity index is 2.41. The van der Waals surface area contributed by atoms with Crippen LogP contribution in [0.5, 0.6) is 5.75 Å².